The van der Waals surface area contributed by atoms with Crippen LogP contribution >= 0.6 is 0 Å². The van der Waals surface area contributed by atoms with Gasteiger partial charge in [-0.25, -0.2) is 0 Å². The van der Waals surface area contributed by atoms with Gasteiger partial charge in [-0.05, 0) is 55.6 Å². The fourth-order valence-electron chi connectivity index (χ4n) is 2.49. The van der Waals surface area contributed by atoms with E-state index in [1.54, 1.807) is 0 Å². The van der Waals surface area contributed by atoms with Crippen molar-refractivity contribution in [3.63, 3.8) is 0 Å². The molecule has 0 aromatic heterocycles. The summed E-state index contributed by atoms with van der Waals surface area (Å²) in [6.07, 6.45) is 0.0526. The Morgan fingerprint density at radius 3 is 2.64 bits per heavy atom. The number of nitrogens with two attached hydrogens (primary N) is 1. The van der Waals surface area contributed by atoms with Crippen LogP contribution in [0.5, 0.6) is 0 Å². The zero-order valence-corrected chi connectivity index (χ0v) is 13.2. The zero-order valence-electron chi connectivity index (χ0n) is 13.2. The molecule has 0 aliphatic carbocycles. The first-order chi connectivity index (χ1) is 10.6. The monoisotopic (exact) mass is 293 g/mol. The Morgan fingerprint density at radius 2 is 1.91 bits per heavy atom. The van der Waals surface area contributed by atoms with Crippen molar-refractivity contribution in [1.82, 2.24) is 0 Å². The minimum Gasteiger partial charge on any atom is -0.388 e. The largest absolute Gasteiger partial charge is 0.388 e. The molecule has 0 saturated carbocycles. The molecule has 0 radical (unpaired) electrons. The standard InChI is InChI=1S/C20H23NO/c1-15-6-3-4-9-19(15)16(2)10-11-17-7-5-8-18(14-17)20(22)12-13-21/h3-9,14,16,20,22H,12-13,21H2,1-2H3. The van der Waals surface area contributed by atoms with Crippen LogP contribution in [0.25, 0.3) is 0 Å². The average molecular weight is 293 g/mol. The first-order valence-electron chi connectivity index (χ1n) is 7.67. The Labute approximate surface area is 133 Å². The van der Waals surface area contributed by atoms with Gasteiger partial charge >= 0.3 is 0 Å². The number of hydrogen-bond donors (Lipinski definition) is 2. The van der Waals surface area contributed by atoms with Crippen molar-refractivity contribution in [2.45, 2.75) is 32.3 Å². The van der Waals surface area contributed by atoms with Gasteiger partial charge in [-0.3, -0.25) is 0 Å². The van der Waals surface area contributed by atoms with E-state index in [4.69, 9.17) is 5.73 Å². The van der Waals surface area contributed by atoms with Crippen LogP contribution < -0.4 is 5.73 Å². The van der Waals surface area contributed by atoms with Gasteiger partial charge in [-0.15, -0.1) is 0 Å². The Bertz CT molecular complexity index is 681. The lowest BCUT2D eigenvalue weighted by atomic mass is 9.96. The van der Waals surface area contributed by atoms with Crippen molar-refractivity contribution in [2.24, 2.45) is 5.73 Å². The lowest BCUT2D eigenvalue weighted by molar-refractivity contribution is 0.170. The lowest BCUT2D eigenvalue weighted by Gasteiger charge is -2.10. The molecule has 2 rings (SSSR count). The van der Waals surface area contributed by atoms with Gasteiger partial charge in [-0.2, -0.15) is 0 Å². The van der Waals surface area contributed by atoms with E-state index < -0.39 is 6.10 Å². The third-order valence-corrected chi connectivity index (χ3v) is 3.80. The van der Waals surface area contributed by atoms with E-state index >= 15 is 0 Å². The van der Waals surface area contributed by atoms with Crippen molar-refractivity contribution in [3.05, 3.63) is 70.8 Å². The second-order valence-corrected chi connectivity index (χ2v) is 5.57. The van der Waals surface area contributed by atoms with E-state index in [9.17, 15) is 5.11 Å². The molecule has 2 atom stereocenters. The summed E-state index contributed by atoms with van der Waals surface area (Å²) in [7, 11) is 0. The highest BCUT2D eigenvalue weighted by Gasteiger charge is 2.07. The molecule has 0 amide bonds. The van der Waals surface area contributed by atoms with Crippen LogP contribution in [0.1, 0.15) is 47.6 Å². The molecule has 0 fully saturated rings. The molecule has 2 nitrogen and oxygen atoms in total. The molecule has 2 aromatic rings. The zero-order chi connectivity index (χ0) is 15.9. The number of benzene rings is 2. The van der Waals surface area contributed by atoms with E-state index in [0.29, 0.717) is 13.0 Å². The van der Waals surface area contributed by atoms with Gasteiger partial charge in [0.25, 0.3) is 0 Å². The van der Waals surface area contributed by atoms with Gasteiger partial charge in [0.05, 0.1) is 6.10 Å². The van der Waals surface area contributed by atoms with Gasteiger partial charge in [0, 0.05) is 11.5 Å². The maximum atomic E-state index is 10.0. The fraction of sp³-hybridized carbons (Fsp3) is 0.300. The molecule has 0 aliphatic rings. The molecule has 114 valence electrons. The van der Waals surface area contributed by atoms with Gasteiger partial charge < -0.3 is 10.8 Å². The van der Waals surface area contributed by atoms with E-state index in [2.05, 4.69) is 37.8 Å². The second-order valence-electron chi connectivity index (χ2n) is 5.57. The fourth-order valence-corrected chi connectivity index (χ4v) is 2.49. The SMILES string of the molecule is Cc1ccccc1C(C)C#Cc1cccc(C(O)CCN)c1. The van der Waals surface area contributed by atoms with E-state index in [1.165, 1.54) is 11.1 Å². The Hall–Kier alpha value is -2.08. The quantitative estimate of drug-likeness (QED) is 0.847. The Morgan fingerprint density at radius 1 is 1.14 bits per heavy atom. The summed E-state index contributed by atoms with van der Waals surface area (Å²) < 4.78 is 0. The Kier molecular flexibility index (Phi) is 5.77. The van der Waals surface area contributed by atoms with Crippen molar-refractivity contribution in [3.8, 4) is 11.8 Å². The topological polar surface area (TPSA) is 46.2 Å². The van der Waals surface area contributed by atoms with E-state index in [1.807, 2.05) is 36.4 Å². The molecule has 2 aromatic carbocycles. The smallest absolute Gasteiger partial charge is 0.0802 e. The van der Waals surface area contributed by atoms with Gasteiger partial charge in [0.2, 0.25) is 0 Å². The summed E-state index contributed by atoms with van der Waals surface area (Å²) in [6, 6.07) is 16.1. The number of hydrogen-bond acceptors (Lipinski definition) is 2. The van der Waals surface area contributed by atoms with Crippen molar-refractivity contribution < 1.29 is 5.11 Å². The van der Waals surface area contributed by atoms with Crippen molar-refractivity contribution >= 4 is 0 Å². The summed E-state index contributed by atoms with van der Waals surface area (Å²) >= 11 is 0. The molecule has 0 aliphatic heterocycles. The normalized spacial score (nSPS) is 13.1. The average Bonchev–Trinajstić information content (AvgIpc) is 2.53. The molecule has 3 N–H and O–H groups in total. The first kappa shape index (κ1) is 16.3. The molecule has 2 unspecified atom stereocenters. The number of aliphatic hydroxyl groups is 1. The van der Waals surface area contributed by atoms with Crippen molar-refractivity contribution in [2.75, 3.05) is 6.54 Å². The molecule has 0 heterocycles. The number of rotatable bonds is 4. The summed E-state index contributed by atoms with van der Waals surface area (Å²) in [4.78, 5) is 0. The van der Waals surface area contributed by atoms with Gasteiger partial charge in [0.15, 0.2) is 0 Å². The van der Waals surface area contributed by atoms with Crippen LogP contribution in [0, 0.1) is 18.8 Å². The van der Waals surface area contributed by atoms with Gasteiger partial charge in [-0.1, -0.05) is 48.2 Å². The molecule has 0 saturated heterocycles. The van der Waals surface area contributed by atoms with Crippen LogP contribution in [0.4, 0.5) is 0 Å². The Balaban J connectivity index is 2.18. The molecule has 0 spiro atoms. The molecular weight excluding hydrogens is 270 g/mol. The maximum absolute atomic E-state index is 10.0. The van der Waals surface area contributed by atoms with Crippen LogP contribution in [0.3, 0.4) is 0 Å². The number of aliphatic hydroxyl groups excluding tert-OH is 1. The van der Waals surface area contributed by atoms with Crippen LogP contribution in [0.2, 0.25) is 0 Å². The summed E-state index contributed by atoms with van der Waals surface area (Å²) in [5.74, 6) is 6.69. The number of aryl methyl sites for hydroxylation is 1. The molecule has 22 heavy (non-hydrogen) atoms. The minimum absolute atomic E-state index is 0.179. The van der Waals surface area contributed by atoms with E-state index in [-0.39, 0.29) is 5.92 Å². The third-order valence-electron chi connectivity index (χ3n) is 3.80. The predicted molar refractivity (Wildman–Crippen MR) is 91.5 cm³/mol. The van der Waals surface area contributed by atoms with Crippen LogP contribution in [-0.4, -0.2) is 11.7 Å². The highest BCUT2D eigenvalue weighted by Crippen LogP contribution is 2.19. The highest BCUT2D eigenvalue weighted by molar-refractivity contribution is 5.41. The van der Waals surface area contributed by atoms with Crippen LogP contribution in [0.15, 0.2) is 48.5 Å². The highest BCUT2D eigenvalue weighted by atomic mass is 16.3. The molecular formula is C20H23NO. The molecule has 2 heteroatoms. The predicted octanol–water partition coefficient (Wildman–Crippen LogP) is 3.53. The summed E-state index contributed by atoms with van der Waals surface area (Å²) in [5.41, 5.74) is 9.81. The maximum Gasteiger partial charge on any atom is 0.0802 e. The van der Waals surface area contributed by atoms with Crippen molar-refractivity contribution in [1.29, 1.82) is 0 Å². The third kappa shape index (κ3) is 4.21. The van der Waals surface area contributed by atoms with Crippen LogP contribution in [-0.2, 0) is 0 Å². The van der Waals surface area contributed by atoms with Gasteiger partial charge in [0.1, 0.15) is 0 Å². The second kappa shape index (κ2) is 7.79. The summed E-state index contributed by atoms with van der Waals surface area (Å²) in [5, 5.41) is 10.0. The molecule has 0 bridgehead atoms. The first-order valence-corrected chi connectivity index (χ1v) is 7.67. The lowest BCUT2D eigenvalue weighted by Crippen LogP contribution is -2.06. The minimum atomic E-state index is -0.513. The summed E-state index contributed by atoms with van der Waals surface area (Å²) in [6.45, 7) is 4.70. The van der Waals surface area contributed by atoms with E-state index in [0.717, 1.165) is 11.1 Å².